The molecular weight excluding hydrogens is 379 g/mol. The van der Waals surface area contributed by atoms with Gasteiger partial charge in [-0.3, -0.25) is 9.59 Å². The van der Waals surface area contributed by atoms with E-state index in [1.54, 1.807) is 4.57 Å². The number of rotatable bonds is 5. The van der Waals surface area contributed by atoms with E-state index in [9.17, 15) is 22.8 Å². The fraction of sp³-hybridized carbons (Fsp3) is 0.412. The van der Waals surface area contributed by atoms with E-state index in [0.29, 0.717) is 12.4 Å². The lowest BCUT2D eigenvalue weighted by Crippen LogP contribution is -2.40. The van der Waals surface area contributed by atoms with Crippen molar-refractivity contribution in [1.82, 2.24) is 25.0 Å². The Kier molecular flexibility index (Phi) is 5.52. The lowest BCUT2D eigenvalue weighted by Gasteiger charge is -2.28. The Morgan fingerprint density at radius 1 is 1.21 bits per heavy atom. The summed E-state index contributed by atoms with van der Waals surface area (Å²) in [4.78, 5) is 26.2. The highest BCUT2D eigenvalue weighted by atomic mass is 19.4. The van der Waals surface area contributed by atoms with E-state index in [1.165, 1.54) is 23.1 Å². The number of carbonyl (C=O) groups is 2. The fourth-order valence-electron chi connectivity index (χ4n) is 2.84. The van der Waals surface area contributed by atoms with Crippen molar-refractivity contribution in [2.75, 3.05) is 13.1 Å². The number of alkyl halides is 3. The van der Waals surface area contributed by atoms with Gasteiger partial charge in [0, 0.05) is 19.6 Å². The maximum absolute atomic E-state index is 12.7. The maximum atomic E-state index is 12.7. The third-order valence-corrected chi connectivity index (χ3v) is 4.12. The van der Waals surface area contributed by atoms with Crippen LogP contribution in [0.5, 0.6) is 5.75 Å². The average Bonchev–Trinajstić information content (AvgIpc) is 3.08. The molecule has 2 amide bonds. The minimum Gasteiger partial charge on any atom is -0.405 e. The van der Waals surface area contributed by atoms with Crippen LogP contribution in [-0.4, -0.2) is 50.9 Å². The molecule has 1 aliphatic rings. The minimum absolute atomic E-state index is 0.0211. The van der Waals surface area contributed by atoms with Crippen molar-refractivity contribution < 1.29 is 27.5 Å². The summed E-state index contributed by atoms with van der Waals surface area (Å²) in [6.45, 7) is 2.89. The van der Waals surface area contributed by atoms with Crippen LogP contribution in [0.4, 0.5) is 13.2 Å². The van der Waals surface area contributed by atoms with Gasteiger partial charge in [0.15, 0.2) is 5.82 Å². The van der Waals surface area contributed by atoms with Crippen LogP contribution >= 0.6 is 0 Å². The van der Waals surface area contributed by atoms with Gasteiger partial charge >= 0.3 is 6.36 Å². The van der Waals surface area contributed by atoms with Crippen molar-refractivity contribution in [3.05, 3.63) is 41.5 Å². The van der Waals surface area contributed by atoms with E-state index in [1.807, 2.05) is 6.92 Å². The predicted octanol–water partition coefficient (Wildman–Crippen LogP) is 1.97. The van der Waals surface area contributed by atoms with Gasteiger partial charge in [-0.05, 0) is 18.6 Å². The molecule has 0 fully saturated rings. The normalized spacial score (nSPS) is 13.8. The van der Waals surface area contributed by atoms with Crippen LogP contribution < -0.4 is 10.1 Å². The summed E-state index contributed by atoms with van der Waals surface area (Å²) >= 11 is 0. The van der Waals surface area contributed by atoms with Crippen molar-refractivity contribution in [1.29, 1.82) is 0 Å². The largest absolute Gasteiger partial charge is 0.573 e. The van der Waals surface area contributed by atoms with Crippen LogP contribution in [0.25, 0.3) is 0 Å². The van der Waals surface area contributed by atoms with Crippen LogP contribution in [0.1, 0.15) is 40.1 Å². The Labute approximate surface area is 158 Å². The molecule has 3 rings (SSSR count). The zero-order valence-corrected chi connectivity index (χ0v) is 15.0. The number of carbonyl (C=O) groups excluding carboxylic acids is 2. The van der Waals surface area contributed by atoms with Crippen molar-refractivity contribution in [2.45, 2.75) is 32.8 Å². The first-order valence-electron chi connectivity index (χ1n) is 8.64. The number of amides is 2. The monoisotopic (exact) mass is 397 g/mol. The Bertz CT molecular complexity index is 881. The number of hydrogen-bond donors (Lipinski definition) is 1. The standard InChI is InChI=1S/C17H18F3N5O3/c1-2-7-21-15(26)14-23-22-13-10-24(8-9-25(13)14)16(27)11-5-3-4-6-12(11)28-17(18,19)20/h3-6H,2,7-10H2,1H3,(H,21,26). The maximum Gasteiger partial charge on any atom is 0.573 e. The molecule has 1 aliphatic heterocycles. The van der Waals surface area contributed by atoms with Crippen molar-refractivity contribution in [2.24, 2.45) is 0 Å². The molecule has 2 heterocycles. The zero-order valence-electron chi connectivity index (χ0n) is 15.0. The number of fused-ring (bicyclic) bond motifs is 1. The molecule has 0 atom stereocenters. The van der Waals surface area contributed by atoms with Crippen molar-refractivity contribution >= 4 is 11.8 Å². The summed E-state index contributed by atoms with van der Waals surface area (Å²) < 4.78 is 43.3. The highest BCUT2D eigenvalue weighted by molar-refractivity contribution is 5.97. The third-order valence-electron chi connectivity index (χ3n) is 4.12. The molecule has 0 unspecified atom stereocenters. The van der Waals surface area contributed by atoms with Gasteiger partial charge in [0.25, 0.3) is 11.8 Å². The lowest BCUT2D eigenvalue weighted by molar-refractivity contribution is -0.274. The van der Waals surface area contributed by atoms with Gasteiger partial charge in [-0.1, -0.05) is 19.1 Å². The molecule has 0 bridgehead atoms. The number of aromatic nitrogens is 3. The predicted molar refractivity (Wildman–Crippen MR) is 90.5 cm³/mol. The van der Waals surface area contributed by atoms with Crippen LogP contribution in [0.15, 0.2) is 24.3 Å². The van der Waals surface area contributed by atoms with Crippen LogP contribution in [0.2, 0.25) is 0 Å². The summed E-state index contributed by atoms with van der Waals surface area (Å²) in [5.41, 5.74) is -0.200. The lowest BCUT2D eigenvalue weighted by atomic mass is 10.1. The Morgan fingerprint density at radius 2 is 1.96 bits per heavy atom. The summed E-state index contributed by atoms with van der Waals surface area (Å²) in [6.07, 6.45) is -4.13. The number of benzene rings is 1. The molecule has 0 saturated carbocycles. The molecule has 2 aromatic rings. The number of nitrogens with zero attached hydrogens (tertiary/aromatic N) is 4. The quantitative estimate of drug-likeness (QED) is 0.833. The van der Waals surface area contributed by atoms with Crippen LogP contribution in [0.3, 0.4) is 0 Å². The number of ether oxygens (including phenoxy) is 1. The number of hydrogen-bond acceptors (Lipinski definition) is 5. The fourth-order valence-corrected chi connectivity index (χ4v) is 2.84. The van der Waals surface area contributed by atoms with Gasteiger partial charge in [-0.2, -0.15) is 0 Å². The van der Waals surface area contributed by atoms with E-state index in [4.69, 9.17) is 0 Å². The first-order valence-corrected chi connectivity index (χ1v) is 8.64. The van der Waals surface area contributed by atoms with E-state index < -0.39 is 18.0 Å². The zero-order chi connectivity index (χ0) is 20.3. The van der Waals surface area contributed by atoms with Gasteiger partial charge in [-0.15, -0.1) is 23.4 Å². The second-order valence-electron chi connectivity index (χ2n) is 6.12. The molecule has 11 heteroatoms. The molecular formula is C17H18F3N5O3. The van der Waals surface area contributed by atoms with Crippen LogP contribution in [-0.2, 0) is 13.1 Å². The second kappa shape index (κ2) is 7.87. The van der Waals surface area contributed by atoms with Crippen molar-refractivity contribution in [3.63, 3.8) is 0 Å². The van der Waals surface area contributed by atoms with E-state index in [0.717, 1.165) is 12.5 Å². The average molecular weight is 397 g/mol. The van der Waals surface area contributed by atoms with Gasteiger partial charge in [0.1, 0.15) is 5.75 Å². The topological polar surface area (TPSA) is 89.4 Å². The first kappa shape index (κ1) is 19.6. The van der Waals surface area contributed by atoms with Gasteiger partial charge in [0.2, 0.25) is 5.82 Å². The molecule has 1 N–H and O–H groups in total. The highest BCUT2D eigenvalue weighted by Crippen LogP contribution is 2.28. The SMILES string of the molecule is CCCNC(=O)c1nnc2n1CCN(C(=O)c1ccccc1OC(F)(F)F)C2. The molecule has 1 aromatic heterocycles. The Balaban J connectivity index is 1.77. The molecule has 0 saturated heterocycles. The summed E-state index contributed by atoms with van der Waals surface area (Å²) in [6, 6.07) is 5.17. The first-order chi connectivity index (χ1) is 13.3. The molecule has 0 aliphatic carbocycles. The second-order valence-corrected chi connectivity index (χ2v) is 6.12. The van der Waals surface area contributed by atoms with Gasteiger partial charge in [0.05, 0.1) is 12.1 Å². The van der Waals surface area contributed by atoms with Gasteiger partial charge in [-0.25, -0.2) is 0 Å². The van der Waals surface area contributed by atoms with Crippen molar-refractivity contribution in [3.8, 4) is 5.75 Å². The van der Waals surface area contributed by atoms with E-state index in [-0.39, 0.29) is 36.9 Å². The molecule has 1 aromatic carbocycles. The number of halogens is 3. The summed E-state index contributed by atoms with van der Waals surface area (Å²) in [7, 11) is 0. The highest BCUT2D eigenvalue weighted by Gasteiger charge is 2.34. The van der Waals surface area contributed by atoms with E-state index in [2.05, 4.69) is 20.3 Å². The number of para-hydroxylation sites is 1. The Morgan fingerprint density at radius 3 is 2.68 bits per heavy atom. The Hall–Kier alpha value is -3.11. The molecule has 0 spiro atoms. The molecule has 8 nitrogen and oxygen atoms in total. The number of nitrogens with one attached hydrogen (secondary N) is 1. The van der Waals surface area contributed by atoms with Crippen LogP contribution in [0, 0.1) is 0 Å². The molecule has 0 radical (unpaired) electrons. The molecule has 150 valence electrons. The smallest absolute Gasteiger partial charge is 0.405 e. The third kappa shape index (κ3) is 4.24. The molecule has 28 heavy (non-hydrogen) atoms. The van der Waals surface area contributed by atoms with Gasteiger partial charge < -0.3 is 19.5 Å². The van der Waals surface area contributed by atoms with E-state index >= 15 is 0 Å². The summed E-state index contributed by atoms with van der Waals surface area (Å²) in [5, 5.41) is 10.5. The summed E-state index contributed by atoms with van der Waals surface area (Å²) in [5.74, 6) is -1.01. The minimum atomic E-state index is -4.90.